The first-order valence-corrected chi connectivity index (χ1v) is 10.1. The predicted molar refractivity (Wildman–Crippen MR) is 111 cm³/mol. The zero-order valence-electron chi connectivity index (χ0n) is 17.9. The Hall–Kier alpha value is -2.67. The molecule has 0 spiro atoms. The Kier molecular flexibility index (Phi) is 7.78. The van der Waals surface area contributed by atoms with Gasteiger partial charge in [0.25, 0.3) is 0 Å². The van der Waals surface area contributed by atoms with E-state index in [0.717, 1.165) is 0 Å². The predicted octanol–water partition coefficient (Wildman–Crippen LogP) is 3.31. The van der Waals surface area contributed by atoms with E-state index in [0.29, 0.717) is 23.0 Å². The van der Waals surface area contributed by atoms with Gasteiger partial charge in [0.15, 0.2) is 5.60 Å². The van der Waals surface area contributed by atoms with Gasteiger partial charge in [0, 0.05) is 18.4 Å². The highest BCUT2D eigenvalue weighted by Gasteiger charge is 2.44. The molecule has 30 heavy (non-hydrogen) atoms. The van der Waals surface area contributed by atoms with Crippen molar-refractivity contribution >= 4 is 24.0 Å². The molecule has 0 aliphatic carbocycles. The maximum Gasteiger partial charge on any atom is 0.335 e. The molecule has 0 amide bonds. The molecule has 1 atom stereocenters. The third-order valence-corrected chi connectivity index (χ3v) is 5.48. The van der Waals surface area contributed by atoms with Crippen molar-refractivity contribution in [2.45, 2.75) is 46.1 Å². The first-order chi connectivity index (χ1) is 14.1. The number of hydrogen-bond acceptors (Lipinski definition) is 6. The molecule has 0 aromatic heterocycles. The fourth-order valence-corrected chi connectivity index (χ4v) is 3.67. The number of aromatic carboxylic acids is 1. The zero-order chi connectivity index (χ0) is 22.5. The van der Waals surface area contributed by atoms with Crippen molar-refractivity contribution in [1.82, 2.24) is 0 Å². The number of carbonyl (C=O) groups is 3. The van der Waals surface area contributed by atoms with Crippen LogP contribution in [-0.2, 0) is 19.1 Å². The monoisotopic (exact) mass is 418 g/mol. The van der Waals surface area contributed by atoms with Gasteiger partial charge in [0.05, 0.1) is 12.2 Å². The maximum atomic E-state index is 12.3. The summed E-state index contributed by atoms with van der Waals surface area (Å²) in [6, 6.07) is 6.05. The van der Waals surface area contributed by atoms with E-state index in [1.807, 2.05) is 0 Å². The molecular formula is C23H30O7. The summed E-state index contributed by atoms with van der Waals surface area (Å²) in [6.45, 7) is 7.56. The fraction of sp³-hybridized carbons (Fsp3) is 0.522. The number of aliphatic hydroxyl groups is 1. The quantitative estimate of drug-likeness (QED) is 0.468. The lowest BCUT2D eigenvalue weighted by atomic mass is 9.83. The summed E-state index contributed by atoms with van der Waals surface area (Å²) in [5.74, 6) is -1.17. The molecule has 1 aliphatic rings. The van der Waals surface area contributed by atoms with Crippen LogP contribution in [0, 0.1) is 17.8 Å². The lowest BCUT2D eigenvalue weighted by molar-refractivity contribution is -0.167. The highest BCUT2D eigenvalue weighted by atomic mass is 16.6. The summed E-state index contributed by atoms with van der Waals surface area (Å²) >= 11 is 0. The Morgan fingerprint density at radius 3 is 2.27 bits per heavy atom. The smallest absolute Gasteiger partial charge is 0.335 e. The van der Waals surface area contributed by atoms with E-state index in [1.165, 1.54) is 12.1 Å². The molecule has 1 fully saturated rings. The number of carboxylic acid groups (broad SMARTS) is 1. The van der Waals surface area contributed by atoms with Gasteiger partial charge < -0.3 is 19.7 Å². The SMILES string of the molecule is CC(C)C(CC(=O)OCC1(CO)C/C(=C\c2ccc(C(=O)O)cc2)C(=O)O1)C(C)C. The minimum absolute atomic E-state index is 0.0914. The van der Waals surface area contributed by atoms with Gasteiger partial charge in [-0.05, 0) is 41.5 Å². The lowest BCUT2D eigenvalue weighted by Crippen LogP contribution is -2.39. The van der Waals surface area contributed by atoms with Crippen LogP contribution >= 0.6 is 0 Å². The molecule has 1 heterocycles. The first-order valence-electron chi connectivity index (χ1n) is 10.1. The highest BCUT2D eigenvalue weighted by Crippen LogP contribution is 2.33. The van der Waals surface area contributed by atoms with Gasteiger partial charge in [-0.3, -0.25) is 4.79 Å². The lowest BCUT2D eigenvalue weighted by Gasteiger charge is -2.26. The normalized spacial score (nSPS) is 20.3. The number of ether oxygens (including phenoxy) is 2. The molecule has 0 radical (unpaired) electrons. The summed E-state index contributed by atoms with van der Waals surface area (Å²) < 4.78 is 10.7. The second-order valence-electron chi connectivity index (χ2n) is 8.52. The molecular weight excluding hydrogens is 388 g/mol. The summed E-state index contributed by atoms with van der Waals surface area (Å²) in [4.78, 5) is 35.5. The van der Waals surface area contributed by atoms with Crippen molar-refractivity contribution in [2.24, 2.45) is 17.8 Å². The van der Waals surface area contributed by atoms with Crippen LogP contribution in [0.3, 0.4) is 0 Å². The van der Waals surface area contributed by atoms with E-state index in [2.05, 4.69) is 27.7 Å². The van der Waals surface area contributed by atoms with E-state index in [9.17, 15) is 19.5 Å². The largest absolute Gasteiger partial charge is 0.478 e. The summed E-state index contributed by atoms with van der Waals surface area (Å²) in [5.41, 5.74) is -0.200. The van der Waals surface area contributed by atoms with Gasteiger partial charge in [-0.1, -0.05) is 39.8 Å². The summed E-state index contributed by atoms with van der Waals surface area (Å²) in [6.07, 6.45) is 1.94. The summed E-state index contributed by atoms with van der Waals surface area (Å²) in [5, 5.41) is 18.8. The minimum Gasteiger partial charge on any atom is -0.478 e. The van der Waals surface area contributed by atoms with Gasteiger partial charge in [-0.2, -0.15) is 0 Å². The molecule has 0 bridgehead atoms. The van der Waals surface area contributed by atoms with Crippen molar-refractivity contribution in [3.8, 4) is 0 Å². The zero-order valence-corrected chi connectivity index (χ0v) is 17.9. The van der Waals surface area contributed by atoms with Crippen LogP contribution in [0.4, 0.5) is 0 Å². The molecule has 164 valence electrons. The van der Waals surface area contributed by atoms with E-state index in [4.69, 9.17) is 14.6 Å². The van der Waals surface area contributed by atoms with Crippen LogP contribution in [0.2, 0.25) is 0 Å². The van der Waals surface area contributed by atoms with Gasteiger partial charge >= 0.3 is 17.9 Å². The Labute approximate surface area is 176 Å². The molecule has 1 saturated heterocycles. The Morgan fingerprint density at radius 1 is 1.17 bits per heavy atom. The maximum absolute atomic E-state index is 12.3. The molecule has 1 aromatic carbocycles. The number of benzene rings is 1. The van der Waals surface area contributed by atoms with Crippen molar-refractivity contribution in [2.75, 3.05) is 13.2 Å². The number of esters is 2. The van der Waals surface area contributed by atoms with E-state index in [-0.39, 0.29) is 36.9 Å². The first kappa shape index (κ1) is 23.6. The van der Waals surface area contributed by atoms with Crippen molar-refractivity contribution in [3.63, 3.8) is 0 Å². The molecule has 2 rings (SSSR count). The second kappa shape index (κ2) is 9.89. The Balaban J connectivity index is 2.05. The Bertz CT molecular complexity index is 799. The number of carbonyl (C=O) groups excluding carboxylic acids is 2. The van der Waals surface area contributed by atoms with Crippen molar-refractivity contribution < 1.29 is 34.1 Å². The highest BCUT2D eigenvalue weighted by molar-refractivity contribution is 5.96. The standard InChI is InChI=1S/C23H30O7/c1-14(2)19(15(3)4)10-20(25)29-13-23(12-24)11-18(22(28)30-23)9-16-5-7-17(8-6-16)21(26)27/h5-9,14-15,19,24H,10-13H2,1-4H3,(H,26,27)/b18-9+. The average molecular weight is 418 g/mol. The molecule has 2 N–H and O–H groups in total. The molecule has 7 nitrogen and oxygen atoms in total. The molecule has 1 unspecified atom stereocenters. The fourth-order valence-electron chi connectivity index (χ4n) is 3.67. The summed E-state index contributed by atoms with van der Waals surface area (Å²) in [7, 11) is 0. The van der Waals surface area contributed by atoms with Crippen LogP contribution in [-0.4, -0.2) is 46.9 Å². The van der Waals surface area contributed by atoms with Gasteiger partial charge in [-0.25, -0.2) is 9.59 Å². The second-order valence-corrected chi connectivity index (χ2v) is 8.52. The van der Waals surface area contributed by atoms with Gasteiger partial charge in [0.1, 0.15) is 6.61 Å². The molecule has 0 saturated carbocycles. The number of cyclic esters (lactones) is 1. The minimum atomic E-state index is -1.30. The molecule has 1 aromatic rings. The van der Waals surface area contributed by atoms with E-state index < -0.39 is 24.1 Å². The van der Waals surface area contributed by atoms with Crippen LogP contribution in [0.25, 0.3) is 6.08 Å². The average Bonchev–Trinajstić information content (AvgIpc) is 3.00. The van der Waals surface area contributed by atoms with Gasteiger partial charge in [-0.15, -0.1) is 0 Å². The van der Waals surface area contributed by atoms with E-state index in [1.54, 1.807) is 18.2 Å². The number of aliphatic hydroxyl groups excluding tert-OH is 1. The molecule has 1 aliphatic heterocycles. The van der Waals surface area contributed by atoms with Crippen LogP contribution in [0.5, 0.6) is 0 Å². The topological polar surface area (TPSA) is 110 Å². The number of carboxylic acids is 1. The van der Waals surface area contributed by atoms with Crippen molar-refractivity contribution in [1.29, 1.82) is 0 Å². The Morgan fingerprint density at radius 2 is 1.77 bits per heavy atom. The van der Waals surface area contributed by atoms with Crippen LogP contribution < -0.4 is 0 Å². The van der Waals surface area contributed by atoms with E-state index >= 15 is 0 Å². The number of hydrogen-bond donors (Lipinski definition) is 2. The third-order valence-electron chi connectivity index (χ3n) is 5.48. The van der Waals surface area contributed by atoms with Crippen LogP contribution in [0.1, 0.15) is 56.5 Å². The third kappa shape index (κ3) is 5.92. The number of rotatable bonds is 9. The van der Waals surface area contributed by atoms with Crippen molar-refractivity contribution in [3.05, 3.63) is 41.0 Å². The molecule has 7 heteroatoms. The van der Waals surface area contributed by atoms with Crippen LogP contribution in [0.15, 0.2) is 29.8 Å². The van der Waals surface area contributed by atoms with Gasteiger partial charge in [0.2, 0.25) is 0 Å².